The summed E-state index contributed by atoms with van der Waals surface area (Å²) in [6.07, 6.45) is 0.0170. The van der Waals surface area contributed by atoms with Gasteiger partial charge in [0, 0.05) is 25.2 Å². The van der Waals surface area contributed by atoms with E-state index in [1.165, 1.54) is 0 Å². The van der Waals surface area contributed by atoms with Crippen LogP contribution in [0.2, 0.25) is 0 Å². The Labute approximate surface area is 124 Å². The van der Waals surface area contributed by atoms with E-state index < -0.39 is 0 Å². The topological polar surface area (TPSA) is 61.8 Å². The zero-order valence-corrected chi connectivity index (χ0v) is 12.1. The van der Waals surface area contributed by atoms with E-state index in [9.17, 15) is 4.79 Å². The van der Waals surface area contributed by atoms with E-state index in [1.807, 2.05) is 13.1 Å². The third kappa shape index (κ3) is 4.57. The van der Waals surface area contributed by atoms with Crippen molar-refractivity contribution in [3.63, 3.8) is 0 Å². The van der Waals surface area contributed by atoms with Crippen molar-refractivity contribution in [3.05, 3.63) is 35.4 Å². The summed E-state index contributed by atoms with van der Waals surface area (Å²) in [5.74, 6) is 5.18. The van der Waals surface area contributed by atoms with Gasteiger partial charge in [-0.05, 0) is 19.2 Å². The number of aliphatic hydroxyl groups excluding tert-OH is 1. The van der Waals surface area contributed by atoms with Gasteiger partial charge in [-0.2, -0.15) is 0 Å². The molecule has 1 aromatic rings. The van der Waals surface area contributed by atoms with Gasteiger partial charge < -0.3 is 20.1 Å². The summed E-state index contributed by atoms with van der Waals surface area (Å²) in [5, 5.41) is 11.6. The maximum Gasteiger partial charge on any atom is 0.252 e. The largest absolute Gasteiger partial charge is 0.384 e. The summed E-state index contributed by atoms with van der Waals surface area (Å²) in [6.45, 7) is 2.68. The number of nitrogens with one attached hydrogen (secondary N) is 1. The van der Waals surface area contributed by atoms with Crippen LogP contribution in [0, 0.1) is 11.8 Å². The van der Waals surface area contributed by atoms with Crippen molar-refractivity contribution in [1.29, 1.82) is 0 Å². The number of morpholine rings is 1. The van der Waals surface area contributed by atoms with E-state index >= 15 is 0 Å². The van der Waals surface area contributed by atoms with E-state index in [1.54, 1.807) is 18.2 Å². The highest BCUT2D eigenvalue weighted by atomic mass is 16.5. The lowest BCUT2D eigenvalue weighted by molar-refractivity contribution is -0.0175. The van der Waals surface area contributed by atoms with Crippen molar-refractivity contribution >= 4 is 5.91 Å². The molecule has 1 saturated heterocycles. The van der Waals surface area contributed by atoms with E-state index in [0.29, 0.717) is 24.3 Å². The number of benzene rings is 1. The molecule has 5 heteroatoms. The molecule has 2 N–H and O–H groups in total. The second-order valence-corrected chi connectivity index (χ2v) is 4.97. The Balaban J connectivity index is 1.97. The van der Waals surface area contributed by atoms with E-state index in [4.69, 9.17) is 9.84 Å². The summed E-state index contributed by atoms with van der Waals surface area (Å²) in [6, 6.07) is 7.11. The standard InChI is InChI=1S/C16H20N2O3/c1-18-8-10-21-14(12-18)11-17-16(20)15-7-3-2-5-13(15)6-4-9-19/h2-3,5,7,14,19H,8-12H2,1H3,(H,17,20). The molecule has 1 unspecified atom stereocenters. The van der Waals surface area contributed by atoms with Crippen LogP contribution in [0.4, 0.5) is 0 Å². The van der Waals surface area contributed by atoms with Crippen LogP contribution >= 0.6 is 0 Å². The number of hydrogen-bond acceptors (Lipinski definition) is 4. The minimum absolute atomic E-state index is 0.0170. The van der Waals surface area contributed by atoms with Crippen LogP contribution in [-0.2, 0) is 4.74 Å². The SMILES string of the molecule is CN1CCOC(CNC(=O)c2ccccc2C#CCO)C1. The van der Waals surface area contributed by atoms with Crippen molar-refractivity contribution in [2.24, 2.45) is 0 Å². The fourth-order valence-electron chi connectivity index (χ4n) is 2.22. The van der Waals surface area contributed by atoms with Crippen LogP contribution in [0.15, 0.2) is 24.3 Å². The van der Waals surface area contributed by atoms with Gasteiger partial charge in [-0.25, -0.2) is 0 Å². The van der Waals surface area contributed by atoms with Crippen molar-refractivity contribution < 1.29 is 14.6 Å². The Morgan fingerprint density at radius 1 is 1.52 bits per heavy atom. The van der Waals surface area contributed by atoms with Gasteiger partial charge in [-0.15, -0.1) is 0 Å². The molecule has 2 rings (SSSR count). The molecule has 0 spiro atoms. The lowest BCUT2D eigenvalue weighted by Gasteiger charge is -2.30. The van der Waals surface area contributed by atoms with Crippen LogP contribution in [0.5, 0.6) is 0 Å². The Morgan fingerprint density at radius 2 is 2.33 bits per heavy atom. The molecule has 0 aliphatic carbocycles. The predicted molar refractivity (Wildman–Crippen MR) is 80.0 cm³/mol. The van der Waals surface area contributed by atoms with Crippen LogP contribution in [0.25, 0.3) is 0 Å². The molecule has 21 heavy (non-hydrogen) atoms. The predicted octanol–water partition coefficient (Wildman–Crippen LogP) is 0.0908. The highest BCUT2D eigenvalue weighted by Crippen LogP contribution is 2.08. The van der Waals surface area contributed by atoms with Crippen LogP contribution in [0.3, 0.4) is 0 Å². The highest BCUT2D eigenvalue weighted by Gasteiger charge is 2.19. The average molecular weight is 288 g/mol. The van der Waals surface area contributed by atoms with E-state index in [-0.39, 0.29) is 18.6 Å². The quantitative estimate of drug-likeness (QED) is 0.774. The Kier molecular flexibility index (Phi) is 5.76. The Bertz CT molecular complexity index is 548. The average Bonchev–Trinajstić information content (AvgIpc) is 2.51. The monoisotopic (exact) mass is 288 g/mol. The number of ether oxygens (including phenoxy) is 1. The molecule has 1 fully saturated rings. The zero-order valence-electron chi connectivity index (χ0n) is 12.1. The molecule has 0 saturated carbocycles. The molecular formula is C16H20N2O3. The fraction of sp³-hybridized carbons (Fsp3) is 0.438. The molecule has 1 atom stereocenters. The van der Waals surface area contributed by atoms with Gasteiger partial charge in [-0.1, -0.05) is 24.0 Å². The minimum Gasteiger partial charge on any atom is -0.384 e. The van der Waals surface area contributed by atoms with Crippen LogP contribution in [-0.4, -0.2) is 61.9 Å². The van der Waals surface area contributed by atoms with Crippen molar-refractivity contribution in [1.82, 2.24) is 10.2 Å². The number of hydrogen-bond donors (Lipinski definition) is 2. The van der Waals surface area contributed by atoms with Gasteiger partial charge in [0.25, 0.3) is 5.91 Å². The molecule has 1 heterocycles. The fourth-order valence-corrected chi connectivity index (χ4v) is 2.22. The van der Waals surface area contributed by atoms with Gasteiger partial charge in [0.05, 0.1) is 18.3 Å². The third-order valence-electron chi connectivity index (χ3n) is 3.31. The first-order valence-corrected chi connectivity index (χ1v) is 6.98. The Hall–Kier alpha value is -1.87. The minimum atomic E-state index is -0.224. The van der Waals surface area contributed by atoms with Gasteiger partial charge >= 0.3 is 0 Å². The Morgan fingerprint density at radius 3 is 3.10 bits per heavy atom. The maximum absolute atomic E-state index is 12.2. The summed E-state index contributed by atoms with van der Waals surface area (Å²) in [4.78, 5) is 14.4. The molecular weight excluding hydrogens is 268 g/mol. The molecule has 1 amide bonds. The second kappa shape index (κ2) is 7.79. The number of carbonyl (C=O) groups is 1. The molecule has 0 bridgehead atoms. The van der Waals surface area contributed by atoms with E-state index in [0.717, 1.165) is 13.1 Å². The summed E-state index contributed by atoms with van der Waals surface area (Å²) >= 11 is 0. The van der Waals surface area contributed by atoms with Gasteiger partial charge in [0.2, 0.25) is 0 Å². The number of rotatable bonds is 3. The first-order valence-electron chi connectivity index (χ1n) is 6.98. The first kappa shape index (κ1) is 15.5. The summed E-state index contributed by atoms with van der Waals surface area (Å²) < 4.78 is 5.61. The molecule has 1 aliphatic rings. The molecule has 1 aromatic carbocycles. The number of carbonyl (C=O) groups excluding carboxylic acids is 1. The summed E-state index contributed by atoms with van der Waals surface area (Å²) in [5.41, 5.74) is 1.13. The zero-order chi connectivity index (χ0) is 15.1. The second-order valence-electron chi connectivity index (χ2n) is 4.97. The van der Waals surface area contributed by atoms with Crippen molar-refractivity contribution in [2.75, 3.05) is 39.9 Å². The molecule has 0 aromatic heterocycles. The lowest BCUT2D eigenvalue weighted by Crippen LogP contribution is -2.46. The smallest absolute Gasteiger partial charge is 0.252 e. The first-order chi connectivity index (χ1) is 10.2. The number of nitrogens with zero attached hydrogens (tertiary/aromatic N) is 1. The maximum atomic E-state index is 12.2. The summed E-state index contributed by atoms with van der Waals surface area (Å²) in [7, 11) is 2.04. The van der Waals surface area contributed by atoms with Crippen molar-refractivity contribution in [2.45, 2.75) is 6.10 Å². The third-order valence-corrected chi connectivity index (χ3v) is 3.31. The molecule has 1 aliphatic heterocycles. The van der Waals surface area contributed by atoms with E-state index in [2.05, 4.69) is 22.1 Å². The van der Waals surface area contributed by atoms with Gasteiger partial charge in [-0.3, -0.25) is 4.79 Å². The normalized spacial score (nSPS) is 18.7. The molecule has 5 nitrogen and oxygen atoms in total. The highest BCUT2D eigenvalue weighted by molar-refractivity contribution is 5.96. The van der Waals surface area contributed by atoms with Gasteiger partial charge in [0.15, 0.2) is 0 Å². The number of likely N-dealkylation sites (N-methyl/N-ethyl adjacent to an activating group) is 1. The molecule has 0 radical (unpaired) electrons. The van der Waals surface area contributed by atoms with Gasteiger partial charge in [0.1, 0.15) is 6.61 Å². The lowest BCUT2D eigenvalue weighted by atomic mass is 10.1. The molecule has 112 valence electrons. The number of amides is 1. The van der Waals surface area contributed by atoms with Crippen LogP contribution < -0.4 is 5.32 Å². The van der Waals surface area contributed by atoms with Crippen molar-refractivity contribution in [3.8, 4) is 11.8 Å². The number of aliphatic hydroxyl groups is 1. The van der Waals surface area contributed by atoms with Crippen LogP contribution in [0.1, 0.15) is 15.9 Å².